The number of hydrogen-bond donors (Lipinski definition) is 1. The Bertz CT molecular complexity index is 263. The first kappa shape index (κ1) is 10.5. The third kappa shape index (κ3) is 2.02. The number of nitrogens with two attached hydrogens (primary N) is 1. The van der Waals surface area contributed by atoms with Crippen molar-refractivity contribution in [3.05, 3.63) is 19.8 Å². The molecule has 1 aromatic heterocycles. The Morgan fingerprint density at radius 1 is 1.67 bits per heavy atom. The highest BCUT2D eigenvalue weighted by Gasteiger charge is 2.21. The summed E-state index contributed by atoms with van der Waals surface area (Å²) in [6, 6.07) is 2.04. The summed E-state index contributed by atoms with van der Waals surface area (Å²) < 4.78 is 1.76. The van der Waals surface area contributed by atoms with Crippen LogP contribution in [0.5, 0.6) is 0 Å². The molecule has 0 spiro atoms. The molecule has 0 atom stereocenters. The Labute approximate surface area is 90.0 Å². The van der Waals surface area contributed by atoms with Crippen LogP contribution >= 0.6 is 38.9 Å². The zero-order valence-electron chi connectivity index (χ0n) is 7.03. The summed E-state index contributed by atoms with van der Waals surface area (Å²) in [7, 11) is 0. The minimum Gasteiger partial charge on any atom is -0.330 e. The van der Waals surface area contributed by atoms with Crippen molar-refractivity contribution in [2.45, 2.75) is 19.3 Å². The van der Waals surface area contributed by atoms with Gasteiger partial charge in [-0.1, -0.05) is 25.4 Å². The highest BCUT2D eigenvalue weighted by molar-refractivity contribution is 9.10. The standard InChI is InChI=1S/C8H11BrClNS/c1-8(2,4-11)6-3-5(9)7(10)12-6/h3H,4,11H2,1-2H3. The van der Waals surface area contributed by atoms with E-state index < -0.39 is 0 Å². The highest BCUT2D eigenvalue weighted by atomic mass is 79.9. The molecule has 68 valence electrons. The van der Waals surface area contributed by atoms with E-state index in [0.29, 0.717) is 6.54 Å². The minimum absolute atomic E-state index is 0.0281. The van der Waals surface area contributed by atoms with E-state index in [1.807, 2.05) is 6.07 Å². The van der Waals surface area contributed by atoms with Gasteiger partial charge in [0.1, 0.15) is 4.34 Å². The van der Waals surface area contributed by atoms with Crippen LogP contribution in [0.3, 0.4) is 0 Å². The molecule has 0 saturated heterocycles. The van der Waals surface area contributed by atoms with E-state index in [1.165, 1.54) is 4.88 Å². The fourth-order valence-corrected chi connectivity index (χ4v) is 2.59. The van der Waals surface area contributed by atoms with E-state index in [-0.39, 0.29) is 5.41 Å². The number of halogens is 2. The molecule has 0 amide bonds. The Balaban J connectivity index is 3.04. The molecule has 0 fully saturated rings. The maximum Gasteiger partial charge on any atom is 0.107 e. The molecule has 0 aliphatic carbocycles. The molecule has 0 aromatic carbocycles. The second-order valence-corrected chi connectivity index (χ2v) is 5.83. The van der Waals surface area contributed by atoms with Crippen LogP contribution in [-0.2, 0) is 5.41 Å². The van der Waals surface area contributed by atoms with Gasteiger partial charge < -0.3 is 5.73 Å². The van der Waals surface area contributed by atoms with Gasteiger partial charge in [0.05, 0.1) is 0 Å². The van der Waals surface area contributed by atoms with Crippen LogP contribution in [0, 0.1) is 0 Å². The van der Waals surface area contributed by atoms with Crippen LogP contribution in [0.2, 0.25) is 4.34 Å². The summed E-state index contributed by atoms with van der Waals surface area (Å²) in [6.07, 6.45) is 0. The lowest BCUT2D eigenvalue weighted by atomic mass is 9.92. The number of thiophene rings is 1. The molecule has 1 aromatic rings. The van der Waals surface area contributed by atoms with Crippen molar-refractivity contribution >= 4 is 38.9 Å². The maximum atomic E-state index is 5.92. The highest BCUT2D eigenvalue weighted by Crippen LogP contribution is 2.37. The van der Waals surface area contributed by atoms with Gasteiger partial charge in [0.15, 0.2) is 0 Å². The Hall–Kier alpha value is 0.430. The van der Waals surface area contributed by atoms with Crippen molar-refractivity contribution in [2.75, 3.05) is 6.54 Å². The lowest BCUT2D eigenvalue weighted by Crippen LogP contribution is -2.26. The third-order valence-corrected chi connectivity index (χ3v) is 4.66. The second-order valence-electron chi connectivity index (χ2n) is 3.32. The normalized spacial score (nSPS) is 12.1. The fraction of sp³-hybridized carbons (Fsp3) is 0.500. The molecule has 12 heavy (non-hydrogen) atoms. The smallest absolute Gasteiger partial charge is 0.107 e. The molecule has 1 heterocycles. The summed E-state index contributed by atoms with van der Waals surface area (Å²) in [5.41, 5.74) is 5.67. The van der Waals surface area contributed by atoms with Crippen molar-refractivity contribution in [2.24, 2.45) is 5.73 Å². The lowest BCUT2D eigenvalue weighted by molar-refractivity contribution is 0.550. The van der Waals surface area contributed by atoms with Crippen LogP contribution in [-0.4, -0.2) is 6.54 Å². The zero-order valence-corrected chi connectivity index (χ0v) is 10.2. The molecule has 2 N–H and O–H groups in total. The average Bonchev–Trinajstić information content (AvgIpc) is 2.33. The Morgan fingerprint density at radius 2 is 2.25 bits per heavy atom. The van der Waals surface area contributed by atoms with Gasteiger partial charge in [0, 0.05) is 21.3 Å². The van der Waals surface area contributed by atoms with Crippen LogP contribution in [0.15, 0.2) is 10.5 Å². The van der Waals surface area contributed by atoms with Crippen molar-refractivity contribution in [3.8, 4) is 0 Å². The molecule has 1 nitrogen and oxygen atoms in total. The van der Waals surface area contributed by atoms with Crippen molar-refractivity contribution < 1.29 is 0 Å². The number of rotatable bonds is 2. The first-order valence-electron chi connectivity index (χ1n) is 3.63. The van der Waals surface area contributed by atoms with Gasteiger partial charge in [0.2, 0.25) is 0 Å². The van der Waals surface area contributed by atoms with E-state index in [4.69, 9.17) is 17.3 Å². The minimum atomic E-state index is 0.0281. The quantitative estimate of drug-likeness (QED) is 0.874. The molecule has 0 unspecified atom stereocenters. The fourth-order valence-electron chi connectivity index (χ4n) is 0.781. The topological polar surface area (TPSA) is 26.0 Å². The summed E-state index contributed by atoms with van der Waals surface area (Å²) in [6.45, 7) is 4.86. The monoisotopic (exact) mass is 267 g/mol. The molecule has 0 saturated carbocycles. The van der Waals surface area contributed by atoms with Crippen LogP contribution in [0.25, 0.3) is 0 Å². The predicted octanol–water partition coefficient (Wildman–Crippen LogP) is 3.40. The van der Waals surface area contributed by atoms with Crippen molar-refractivity contribution in [1.82, 2.24) is 0 Å². The van der Waals surface area contributed by atoms with Crippen LogP contribution in [0.4, 0.5) is 0 Å². The summed E-state index contributed by atoms with van der Waals surface area (Å²) in [4.78, 5) is 1.22. The van der Waals surface area contributed by atoms with Gasteiger partial charge in [-0.3, -0.25) is 0 Å². The first-order chi connectivity index (χ1) is 5.47. The summed E-state index contributed by atoms with van der Waals surface area (Å²) in [5, 5.41) is 0. The van der Waals surface area contributed by atoms with Crippen molar-refractivity contribution in [1.29, 1.82) is 0 Å². The van der Waals surface area contributed by atoms with E-state index in [1.54, 1.807) is 11.3 Å². The first-order valence-corrected chi connectivity index (χ1v) is 5.61. The van der Waals surface area contributed by atoms with Gasteiger partial charge in [-0.25, -0.2) is 0 Å². The van der Waals surface area contributed by atoms with Crippen LogP contribution in [0.1, 0.15) is 18.7 Å². The number of hydrogen-bond acceptors (Lipinski definition) is 2. The predicted molar refractivity (Wildman–Crippen MR) is 59.1 cm³/mol. The molecule has 0 aliphatic heterocycles. The van der Waals surface area contributed by atoms with E-state index in [2.05, 4.69) is 29.8 Å². The van der Waals surface area contributed by atoms with E-state index in [0.717, 1.165) is 8.81 Å². The summed E-state index contributed by atoms with van der Waals surface area (Å²) >= 11 is 10.9. The van der Waals surface area contributed by atoms with Gasteiger partial charge in [0.25, 0.3) is 0 Å². The maximum absolute atomic E-state index is 5.92. The molecule has 0 aliphatic rings. The van der Waals surface area contributed by atoms with Gasteiger partial charge >= 0.3 is 0 Å². The van der Waals surface area contributed by atoms with Gasteiger partial charge in [-0.2, -0.15) is 0 Å². The lowest BCUT2D eigenvalue weighted by Gasteiger charge is -2.19. The Kier molecular flexibility index (Phi) is 3.21. The zero-order chi connectivity index (χ0) is 9.35. The van der Waals surface area contributed by atoms with E-state index in [9.17, 15) is 0 Å². The average molecular weight is 269 g/mol. The molecular formula is C8H11BrClNS. The van der Waals surface area contributed by atoms with E-state index >= 15 is 0 Å². The molecule has 1 rings (SSSR count). The Morgan fingerprint density at radius 3 is 2.58 bits per heavy atom. The molecule has 0 bridgehead atoms. The van der Waals surface area contributed by atoms with Crippen molar-refractivity contribution in [3.63, 3.8) is 0 Å². The largest absolute Gasteiger partial charge is 0.330 e. The molecule has 0 radical (unpaired) electrons. The second kappa shape index (κ2) is 3.66. The van der Waals surface area contributed by atoms with Crippen LogP contribution < -0.4 is 5.73 Å². The third-order valence-electron chi connectivity index (χ3n) is 1.82. The molecular weight excluding hydrogens is 258 g/mol. The SMILES string of the molecule is CC(C)(CN)c1cc(Br)c(Cl)s1. The van der Waals surface area contributed by atoms with Gasteiger partial charge in [-0.15, -0.1) is 11.3 Å². The molecule has 4 heteroatoms. The summed E-state index contributed by atoms with van der Waals surface area (Å²) in [5.74, 6) is 0. The van der Waals surface area contributed by atoms with Gasteiger partial charge in [-0.05, 0) is 22.0 Å².